The van der Waals surface area contributed by atoms with E-state index in [2.05, 4.69) is 0 Å². The second-order valence-corrected chi connectivity index (χ2v) is 5.79. The van der Waals surface area contributed by atoms with Gasteiger partial charge in [0.2, 0.25) is 0 Å². The topological polar surface area (TPSA) is 43.1 Å². The first-order valence-electron chi connectivity index (χ1n) is 3.93. The minimum atomic E-state index is -0.298. The summed E-state index contributed by atoms with van der Waals surface area (Å²) < 4.78 is 1.73. The highest BCUT2D eigenvalue weighted by molar-refractivity contribution is 14.1. The van der Waals surface area contributed by atoms with Crippen LogP contribution in [0, 0.1) is 19.9 Å². The van der Waals surface area contributed by atoms with Gasteiger partial charge in [0.15, 0.2) is 0 Å². The molecule has 2 aromatic rings. The smallest absolute Gasteiger partial charge is 0.258 e. The Kier molecular flexibility index (Phi) is 2.44. The average Bonchev–Trinajstić information content (AvgIpc) is 2.42. The Bertz CT molecular complexity index is 521. The summed E-state index contributed by atoms with van der Waals surface area (Å²) in [6, 6.07) is 5.74. The van der Waals surface area contributed by atoms with Gasteiger partial charge in [-0.05, 0) is 41.1 Å². The van der Waals surface area contributed by atoms with Crippen LogP contribution >= 0.6 is 33.9 Å². The van der Waals surface area contributed by atoms with E-state index in [9.17, 15) is 10.1 Å². The third kappa shape index (κ3) is 1.40. The van der Waals surface area contributed by atoms with Gasteiger partial charge in [-0.25, -0.2) is 0 Å². The summed E-state index contributed by atoms with van der Waals surface area (Å²) in [7, 11) is 0. The van der Waals surface area contributed by atoms with E-state index in [0.717, 1.165) is 18.5 Å². The molecule has 0 fully saturated rings. The number of hydrogen-bond donors (Lipinski definition) is 0. The maximum Gasteiger partial charge on any atom is 0.301 e. The number of hydrogen-bond acceptors (Lipinski definition) is 3. The van der Waals surface area contributed by atoms with Crippen molar-refractivity contribution in [3.05, 3.63) is 36.8 Å². The van der Waals surface area contributed by atoms with Crippen LogP contribution < -0.4 is 0 Å². The second kappa shape index (κ2) is 3.47. The van der Waals surface area contributed by atoms with Crippen LogP contribution in [0.5, 0.6) is 0 Å². The molecule has 72 valence electrons. The van der Waals surface area contributed by atoms with Crippen LogP contribution in [0.4, 0.5) is 5.69 Å². The molecule has 0 N–H and O–H groups in total. The molecule has 1 heterocycles. The maximum absolute atomic E-state index is 10.9. The first-order chi connectivity index (χ1) is 6.61. The summed E-state index contributed by atoms with van der Waals surface area (Å²) in [6.07, 6.45) is 0. The predicted molar refractivity (Wildman–Crippen MR) is 65.9 cm³/mol. The van der Waals surface area contributed by atoms with Crippen molar-refractivity contribution in [2.45, 2.75) is 6.92 Å². The van der Waals surface area contributed by atoms with E-state index in [1.165, 1.54) is 11.3 Å². The molecule has 0 amide bonds. The molecule has 3 nitrogen and oxygen atoms in total. The van der Waals surface area contributed by atoms with Gasteiger partial charge >= 0.3 is 5.69 Å². The first-order valence-corrected chi connectivity index (χ1v) is 5.83. The zero-order valence-corrected chi connectivity index (χ0v) is 10.3. The quantitative estimate of drug-likeness (QED) is 0.457. The van der Waals surface area contributed by atoms with Crippen LogP contribution in [0.3, 0.4) is 0 Å². The van der Waals surface area contributed by atoms with Crippen LogP contribution in [-0.2, 0) is 0 Å². The predicted octanol–water partition coefficient (Wildman–Crippen LogP) is 3.72. The molecular weight excluding hydrogens is 313 g/mol. The van der Waals surface area contributed by atoms with Crippen molar-refractivity contribution in [1.82, 2.24) is 0 Å². The molecule has 0 radical (unpaired) electrons. The van der Waals surface area contributed by atoms with Gasteiger partial charge in [-0.1, -0.05) is 12.1 Å². The Balaban J connectivity index is 2.93. The summed E-state index contributed by atoms with van der Waals surface area (Å²) in [6.45, 7) is 1.90. The highest BCUT2D eigenvalue weighted by Gasteiger charge is 2.21. The van der Waals surface area contributed by atoms with Gasteiger partial charge in [-0.15, -0.1) is 11.3 Å². The number of halogens is 1. The van der Waals surface area contributed by atoms with Gasteiger partial charge in [-0.3, -0.25) is 10.1 Å². The highest BCUT2D eigenvalue weighted by atomic mass is 127. The average molecular weight is 319 g/mol. The largest absolute Gasteiger partial charge is 0.301 e. The van der Waals surface area contributed by atoms with Crippen molar-refractivity contribution in [2.24, 2.45) is 0 Å². The van der Waals surface area contributed by atoms with E-state index in [-0.39, 0.29) is 10.6 Å². The normalized spacial score (nSPS) is 10.7. The minimum Gasteiger partial charge on any atom is -0.258 e. The zero-order valence-electron chi connectivity index (χ0n) is 7.28. The number of nitro groups is 1. The lowest BCUT2D eigenvalue weighted by molar-refractivity contribution is -0.383. The van der Waals surface area contributed by atoms with Gasteiger partial charge in [-0.2, -0.15) is 0 Å². The summed E-state index contributed by atoms with van der Waals surface area (Å²) >= 11 is 3.49. The molecule has 0 aliphatic carbocycles. The van der Waals surface area contributed by atoms with Crippen LogP contribution in [0.1, 0.15) is 5.56 Å². The van der Waals surface area contributed by atoms with Crippen molar-refractivity contribution in [3.63, 3.8) is 0 Å². The summed E-state index contributed by atoms with van der Waals surface area (Å²) in [5, 5.41) is 11.6. The van der Waals surface area contributed by atoms with Gasteiger partial charge in [0.25, 0.3) is 0 Å². The van der Waals surface area contributed by atoms with Gasteiger partial charge in [0.05, 0.1) is 10.3 Å². The van der Waals surface area contributed by atoms with Crippen molar-refractivity contribution in [3.8, 4) is 0 Å². The lowest BCUT2D eigenvalue weighted by atomic mass is 10.1. The minimum absolute atomic E-state index is 0.253. The van der Waals surface area contributed by atoms with Crippen molar-refractivity contribution in [1.29, 1.82) is 0 Å². The summed E-state index contributed by atoms with van der Waals surface area (Å²) in [5.41, 5.74) is 1.22. The molecule has 1 aromatic heterocycles. The fraction of sp³-hybridized carbons (Fsp3) is 0.111. The number of benzene rings is 1. The highest BCUT2D eigenvalue weighted by Crippen LogP contribution is 2.39. The molecule has 0 aliphatic rings. The van der Waals surface area contributed by atoms with Gasteiger partial charge < -0.3 is 0 Å². The summed E-state index contributed by atoms with van der Waals surface area (Å²) in [5.74, 6) is 0. The molecule has 0 saturated carbocycles. The van der Waals surface area contributed by atoms with Crippen molar-refractivity contribution < 1.29 is 4.92 Å². The number of aryl methyl sites for hydroxylation is 1. The maximum atomic E-state index is 10.9. The third-order valence-corrected chi connectivity index (χ3v) is 4.14. The molecule has 0 bridgehead atoms. The Hall–Kier alpha value is -0.690. The monoisotopic (exact) mass is 319 g/mol. The fourth-order valence-corrected chi connectivity index (χ4v) is 3.59. The van der Waals surface area contributed by atoms with E-state index in [1.54, 1.807) is 0 Å². The summed E-state index contributed by atoms with van der Waals surface area (Å²) in [4.78, 5) is 10.6. The van der Waals surface area contributed by atoms with E-state index in [4.69, 9.17) is 0 Å². The van der Waals surface area contributed by atoms with Gasteiger partial charge in [0, 0.05) is 4.70 Å². The van der Waals surface area contributed by atoms with Crippen LogP contribution in [0.25, 0.3) is 10.1 Å². The molecule has 0 saturated heterocycles. The second-order valence-electron chi connectivity index (χ2n) is 2.93. The van der Waals surface area contributed by atoms with E-state index in [0.29, 0.717) is 0 Å². The van der Waals surface area contributed by atoms with E-state index < -0.39 is 0 Å². The Morgan fingerprint density at radius 2 is 2.21 bits per heavy atom. The van der Waals surface area contributed by atoms with Crippen molar-refractivity contribution in [2.75, 3.05) is 0 Å². The van der Waals surface area contributed by atoms with Gasteiger partial charge in [0.1, 0.15) is 2.88 Å². The molecule has 1 aromatic carbocycles. The van der Waals surface area contributed by atoms with Crippen LogP contribution in [-0.4, -0.2) is 4.92 Å². The number of fused-ring (bicyclic) bond motifs is 1. The molecule has 5 heteroatoms. The molecule has 0 atom stereocenters. The number of nitrogens with zero attached hydrogens (tertiary/aromatic N) is 1. The molecule has 0 unspecified atom stereocenters. The number of thiophene rings is 1. The third-order valence-electron chi connectivity index (χ3n) is 2.04. The molecule has 2 rings (SSSR count). The van der Waals surface area contributed by atoms with Crippen molar-refractivity contribution >= 4 is 49.7 Å². The SMILES string of the molecule is Cc1cccc2sc(I)c([N+](=O)[O-])c12. The lowest BCUT2D eigenvalue weighted by Gasteiger charge is -1.94. The zero-order chi connectivity index (χ0) is 10.3. The van der Waals surface area contributed by atoms with Crippen LogP contribution in [0.15, 0.2) is 18.2 Å². The van der Waals surface area contributed by atoms with Crippen LogP contribution in [0.2, 0.25) is 0 Å². The van der Waals surface area contributed by atoms with E-state index >= 15 is 0 Å². The first kappa shape index (κ1) is 9.85. The molecule has 0 aliphatic heterocycles. The Morgan fingerprint density at radius 3 is 2.86 bits per heavy atom. The lowest BCUT2D eigenvalue weighted by Crippen LogP contribution is -1.88. The Morgan fingerprint density at radius 1 is 1.50 bits per heavy atom. The standard InChI is InChI=1S/C9H6INO2S/c1-5-3-2-4-6-7(5)8(11(12)13)9(10)14-6/h2-4H,1H3. The van der Waals surface area contributed by atoms with E-state index in [1.807, 2.05) is 47.7 Å². The molecule has 14 heavy (non-hydrogen) atoms. The fourth-order valence-electron chi connectivity index (χ4n) is 1.44. The number of rotatable bonds is 1. The molecular formula is C9H6INO2S. The Labute approximate surface area is 98.0 Å². The molecule has 0 spiro atoms.